The Kier molecular flexibility index (Phi) is 5.61. The standard InChI is InChI=1S/C18H24N4O2/c1-14-20-16(12-18(19-2)21-14)17-13-22(9-11-24-17)8-10-23-15-6-4-3-5-7-15/h3-7,12,17H,8-11,13H2,1-2H3,(H,19,20,21). The Bertz CT molecular complexity index is 651. The van der Waals surface area contributed by atoms with Gasteiger partial charge in [-0.15, -0.1) is 0 Å². The lowest BCUT2D eigenvalue weighted by Gasteiger charge is -2.32. The first-order chi connectivity index (χ1) is 11.7. The average Bonchev–Trinajstić information content (AvgIpc) is 2.62. The van der Waals surface area contributed by atoms with Gasteiger partial charge < -0.3 is 14.8 Å². The number of aryl methyl sites for hydroxylation is 1. The Balaban J connectivity index is 1.55. The van der Waals surface area contributed by atoms with Crippen LogP contribution in [0.1, 0.15) is 17.6 Å². The number of benzene rings is 1. The molecule has 2 aromatic rings. The summed E-state index contributed by atoms with van der Waals surface area (Å²) in [7, 11) is 1.86. The Labute approximate surface area is 142 Å². The minimum absolute atomic E-state index is 0.0238. The zero-order chi connectivity index (χ0) is 16.8. The number of morpholine rings is 1. The molecule has 1 unspecified atom stereocenters. The van der Waals surface area contributed by atoms with Gasteiger partial charge in [0.25, 0.3) is 0 Å². The molecule has 1 atom stereocenters. The number of hydrogen-bond donors (Lipinski definition) is 1. The van der Waals surface area contributed by atoms with E-state index in [4.69, 9.17) is 9.47 Å². The highest BCUT2D eigenvalue weighted by Crippen LogP contribution is 2.22. The number of rotatable bonds is 6. The van der Waals surface area contributed by atoms with Crippen LogP contribution in [0.15, 0.2) is 36.4 Å². The van der Waals surface area contributed by atoms with E-state index in [-0.39, 0.29) is 6.10 Å². The van der Waals surface area contributed by atoms with E-state index < -0.39 is 0 Å². The van der Waals surface area contributed by atoms with Gasteiger partial charge in [0.1, 0.15) is 30.1 Å². The molecule has 6 nitrogen and oxygen atoms in total. The molecular formula is C18H24N4O2. The van der Waals surface area contributed by atoms with Crippen molar-refractivity contribution >= 4 is 5.82 Å². The second kappa shape index (κ2) is 8.08. The van der Waals surface area contributed by atoms with Crippen LogP contribution in [0.2, 0.25) is 0 Å². The first-order valence-corrected chi connectivity index (χ1v) is 8.30. The molecule has 1 aromatic carbocycles. The fourth-order valence-electron chi connectivity index (χ4n) is 2.78. The molecule has 0 saturated carbocycles. The number of nitrogens with one attached hydrogen (secondary N) is 1. The summed E-state index contributed by atoms with van der Waals surface area (Å²) in [4.78, 5) is 11.2. The van der Waals surface area contributed by atoms with Gasteiger partial charge >= 0.3 is 0 Å². The third-order valence-electron chi connectivity index (χ3n) is 4.01. The fraction of sp³-hybridized carbons (Fsp3) is 0.444. The molecule has 1 aliphatic heterocycles. The largest absolute Gasteiger partial charge is 0.492 e. The third-order valence-corrected chi connectivity index (χ3v) is 4.01. The van der Waals surface area contributed by atoms with E-state index in [2.05, 4.69) is 20.2 Å². The molecule has 0 amide bonds. The molecule has 3 rings (SSSR count). The van der Waals surface area contributed by atoms with Crippen molar-refractivity contribution in [1.29, 1.82) is 0 Å². The second-order valence-electron chi connectivity index (χ2n) is 5.80. The van der Waals surface area contributed by atoms with E-state index in [0.717, 1.165) is 42.7 Å². The summed E-state index contributed by atoms with van der Waals surface area (Å²) in [5, 5.41) is 3.07. The Morgan fingerprint density at radius 2 is 2.12 bits per heavy atom. The molecule has 1 fully saturated rings. The molecule has 0 radical (unpaired) electrons. The van der Waals surface area contributed by atoms with Crippen LogP contribution in [-0.4, -0.2) is 54.8 Å². The van der Waals surface area contributed by atoms with Gasteiger partial charge in [-0.25, -0.2) is 9.97 Å². The Morgan fingerprint density at radius 1 is 1.29 bits per heavy atom. The summed E-state index contributed by atoms with van der Waals surface area (Å²) in [5.41, 5.74) is 0.931. The molecule has 1 aliphatic rings. The number of anilines is 1. The van der Waals surface area contributed by atoms with E-state index in [0.29, 0.717) is 13.2 Å². The molecule has 0 bridgehead atoms. The van der Waals surface area contributed by atoms with Gasteiger partial charge in [-0.05, 0) is 19.1 Å². The molecule has 1 aromatic heterocycles. The molecule has 6 heteroatoms. The Morgan fingerprint density at radius 3 is 2.92 bits per heavy atom. The van der Waals surface area contributed by atoms with Crippen LogP contribution in [0.4, 0.5) is 5.82 Å². The molecule has 1 N–H and O–H groups in total. The van der Waals surface area contributed by atoms with Crippen molar-refractivity contribution < 1.29 is 9.47 Å². The highest BCUT2D eigenvalue weighted by molar-refractivity contribution is 5.35. The van der Waals surface area contributed by atoms with Crippen molar-refractivity contribution in [3.63, 3.8) is 0 Å². The summed E-state index contributed by atoms with van der Waals surface area (Å²) < 4.78 is 11.7. The van der Waals surface area contributed by atoms with Gasteiger partial charge in [0, 0.05) is 32.7 Å². The van der Waals surface area contributed by atoms with Crippen molar-refractivity contribution in [1.82, 2.24) is 14.9 Å². The molecule has 0 spiro atoms. The van der Waals surface area contributed by atoms with Crippen molar-refractivity contribution in [3.05, 3.63) is 47.9 Å². The zero-order valence-corrected chi connectivity index (χ0v) is 14.2. The van der Waals surface area contributed by atoms with Crippen LogP contribution in [0.25, 0.3) is 0 Å². The first kappa shape index (κ1) is 16.7. The number of nitrogens with zero attached hydrogens (tertiary/aromatic N) is 3. The SMILES string of the molecule is CNc1cc(C2CN(CCOc3ccccc3)CCO2)nc(C)n1. The number of para-hydroxylation sites is 1. The van der Waals surface area contributed by atoms with Gasteiger partial charge in [-0.1, -0.05) is 18.2 Å². The van der Waals surface area contributed by atoms with Crippen LogP contribution >= 0.6 is 0 Å². The normalized spacial score (nSPS) is 18.3. The maximum absolute atomic E-state index is 5.91. The van der Waals surface area contributed by atoms with Crippen LogP contribution in [0.5, 0.6) is 5.75 Å². The number of aromatic nitrogens is 2. The highest BCUT2D eigenvalue weighted by atomic mass is 16.5. The topological polar surface area (TPSA) is 59.5 Å². The molecular weight excluding hydrogens is 304 g/mol. The smallest absolute Gasteiger partial charge is 0.129 e. The zero-order valence-electron chi connectivity index (χ0n) is 14.2. The predicted octanol–water partition coefficient (Wildman–Crippen LogP) is 2.28. The maximum Gasteiger partial charge on any atom is 0.129 e. The average molecular weight is 328 g/mol. The minimum Gasteiger partial charge on any atom is -0.492 e. The van der Waals surface area contributed by atoms with Gasteiger partial charge in [0.2, 0.25) is 0 Å². The van der Waals surface area contributed by atoms with Crippen LogP contribution < -0.4 is 10.1 Å². The summed E-state index contributed by atoms with van der Waals surface area (Å²) in [6, 6.07) is 11.9. The molecule has 2 heterocycles. The summed E-state index contributed by atoms with van der Waals surface area (Å²) in [5.74, 6) is 2.49. The van der Waals surface area contributed by atoms with Crippen molar-refractivity contribution in [2.75, 3.05) is 45.2 Å². The molecule has 24 heavy (non-hydrogen) atoms. The van der Waals surface area contributed by atoms with E-state index >= 15 is 0 Å². The lowest BCUT2D eigenvalue weighted by molar-refractivity contribution is -0.0350. The van der Waals surface area contributed by atoms with E-state index in [1.54, 1.807) is 0 Å². The monoisotopic (exact) mass is 328 g/mol. The third kappa shape index (κ3) is 4.43. The fourth-order valence-corrected chi connectivity index (χ4v) is 2.78. The summed E-state index contributed by atoms with van der Waals surface area (Å²) in [6.45, 7) is 5.88. The first-order valence-electron chi connectivity index (χ1n) is 8.30. The van der Waals surface area contributed by atoms with Gasteiger partial charge in [0.15, 0.2) is 0 Å². The van der Waals surface area contributed by atoms with Crippen LogP contribution in [0, 0.1) is 6.92 Å². The van der Waals surface area contributed by atoms with Gasteiger partial charge in [0.05, 0.1) is 12.3 Å². The Hall–Kier alpha value is -2.18. The van der Waals surface area contributed by atoms with Crippen molar-refractivity contribution in [2.45, 2.75) is 13.0 Å². The van der Waals surface area contributed by atoms with E-state index in [1.807, 2.05) is 50.4 Å². The minimum atomic E-state index is -0.0238. The van der Waals surface area contributed by atoms with Crippen LogP contribution in [0.3, 0.4) is 0 Å². The maximum atomic E-state index is 5.91. The van der Waals surface area contributed by atoms with Gasteiger partial charge in [-0.2, -0.15) is 0 Å². The van der Waals surface area contributed by atoms with Crippen molar-refractivity contribution in [3.8, 4) is 5.75 Å². The molecule has 128 valence electrons. The number of ether oxygens (including phenoxy) is 2. The lowest BCUT2D eigenvalue weighted by atomic mass is 10.2. The molecule has 0 aliphatic carbocycles. The quantitative estimate of drug-likeness (QED) is 0.878. The summed E-state index contributed by atoms with van der Waals surface area (Å²) in [6.07, 6.45) is -0.0238. The van der Waals surface area contributed by atoms with Crippen molar-refractivity contribution in [2.24, 2.45) is 0 Å². The predicted molar refractivity (Wildman–Crippen MR) is 93.4 cm³/mol. The van der Waals surface area contributed by atoms with E-state index in [9.17, 15) is 0 Å². The molecule has 1 saturated heterocycles. The number of hydrogen-bond acceptors (Lipinski definition) is 6. The lowest BCUT2D eigenvalue weighted by Crippen LogP contribution is -2.40. The highest BCUT2D eigenvalue weighted by Gasteiger charge is 2.23. The van der Waals surface area contributed by atoms with Gasteiger partial charge in [-0.3, -0.25) is 4.90 Å². The van der Waals surface area contributed by atoms with Crippen LogP contribution in [-0.2, 0) is 4.74 Å². The summed E-state index contributed by atoms with van der Waals surface area (Å²) >= 11 is 0. The van der Waals surface area contributed by atoms with E-state index in [1.165, 1.54) is 0 Å². The second-order valence-corrected chi connectivity index (χ2v) is 5.80.